The quantitative estimate of drug-likeness (QED) is 0.857. The summed E-state index contributed by atoms with van der Waals surface area (Å²) in [5.41, 5.74) is 0. The third-order valence-corrected chi connectivity index (χ3v) is 3.37. The zero-order chi connectivity index (χ0) is 12.1. The molecule has 0 aliphatic heterocycles. The second-order valence-corrected chi connectivity index (χ2v) is 4.91. The van der Waals surface area contributed by atoms with Crippen LogP contribution in [-0.2, 0) is 0 Å². The molecule has 2 aromatic rings. The van der Waals surface area contributed by atoms with Crippen molar-refractivity contribution in [2.24, 2.45) is 0 Å². The Hall–Kier alpha value is -1.27. The minimum atomic E-state index is 0.600. The number of nitrogens with zero attached hydrogens (tertiary/aromatic N) is 3. The maximum absolute atomic E-state index is 4.36. The fourth-order valence-electron chi connectivity index (χ4n) is 1.18. The summed E-state index contributed by atoms with van der Waals surface area (Å²) in [7, 11) is 1.80. The van der Waals surface area contributed by atoms with Crippen LogP contribution in [0.2, 0.25) is 0 Å². The standard InChI is InChI=1S/C11H12N4S2/c1-12-9-13-10(16-2)15-11(14-9)17-8-6-4-3-5-7-8/h3-7H,1-2H3,(H,12,13,14,15). The summed E-state index contributed by atoms with van der Waals surface area (Å²) in [6.07, 6.45) is 1.95. The molecule has 0 atom stereocenters. The molecule has 0 unspecified atom stereocenters. The van der Waals surface area contributed by atoms with Gasteiger partial charge in [-0.25, -0.2) is 0 Å². The third-order valence-electron chi connectivity index (χ3n) is 1.95. The van der Waals surface area contributed by atoms with Crippen molar-refractivity contribution in [3.05, 3.63) is 30.3 Å². The van der Waals surface area contributed by atoms with Crippen molar-refractivity contribution >= 4 is 29.5 Å². The molecule has 4 nitrogen and oxygen atoms in total. The van der Waals surface area contributed by atoms with Gasteiger partial charge >= 0.3 is 0 Å². The second kappa shape index (κ2) is 5.88. The zero-order valence-corrected chi connectivity index (χ0v) is 11.2. The van der Waals surface area contributed by atoms with Crippen LogP contribution in [-0.4, -0.2) is 28.3 Å². The normalized spacial score (nSPS) is 10.2. The fourth-order valence-corrected chi connectivity index (χ4v) is 2.36. The Morgan fingerprint density at radius 1 is 1.00 bits per heavy atom. The lowest BCUT2D eigenvalue weighted by Gasteiger charge is -2.04. The highest BCUT2D eigenvalue weighted by Crippen LogP contribution is 2.25. The van der Waals surface area contributed by atoms with E-state index in [-0.39, 0.29) is 0 Å². The highest BCUT2D eigenvalue weighted by atomic mass is 32.2. The van der Waals surface area contributed by atoms with E-state index < -0.39 is 0 Å². The first-order valence-corrected chi connectivity index (χ1v) is 7.06. The molecule has 0 saturated heterocycles. The van der Waals surface area contributed by atoms with Crippen molar-refractivity contribution in [1.82, 2.24) is 15.0 Å². The van der Waals surface area contributed by atoms with Crippen LogP contribution in [0.4, 0.5) is 5.95 Å². The van der Waals surface area contributed by atoms with E-state index in [0.717, 1.165) is 10.1 Å². The summed E-state index contributed by atoms with van der Waals surface area (Å²) in [6.45, 7) is 0. The van der Waals surface area contributed by atoms with Crippen LogP contribution in [0.1, 0.15) is 0 Å². The highest BCUT2D eigenvalue weighted by molar-refractivity contribution is 7.99. The molecular weight excluding hydrogens is 252 g/mol. The Bertz CT molecular complexity index is 468. The monoisotopic (exact) mass is 264 g/mol. The first kappa shape index (κ1) is 12.2. The van der Waals surface area contributed by atoms with Gasteiger partial charge in [0.05, 0.1) is 0 Å². The molecular formula is C11H12N4S2. The molecule has 0 saturated carbocycles. The summed E-state index contributed by atoms with van der Waals surface area (Å²) >= 11 is 3.04. The summed E-state index contributed by atoms with van der Waals surface area (Å²) in [6, 6.07) is 10.1. The van der Waals surface area contributed by atoms with E-state index in [9.17, 15) is 0 Å². The lowest BCUT2D eigenvalue weighted by Crippen LogP contribution is -2.01. The molecule has 0 radical (unpaired) electrons. The lowest BCUT2D eigenvalue weighted by molar-refractivity contribution is 0.809. The SMILES string of the molecule is CNc1nc(SC)nc(Sc2ccccc2)n1. The van der Waals surface area contributed by atoms with Crippen LogP contribution < -0.4 is 5.32 Å². The minimum absolute atomic E-state index is 0.600. The second-order valence-electron chi connectivity index (χ2n) is 3.09. The Kier molecular flexibility index (Phi) is 4.22. The van der Waals surface area contributed by atoms with Gasteiger partial charge in [0, 0.05) is 11.9 Å². The topological polar surface area (TPSA) is 50.7 Å². The number of hydrogen-bond donors (Lipinski definition) is 1. The van der Waals surface area contributed by atoms with Gasteiger partial charge < -0.3 is 5.32 Å². The Labute approximate surface area is 109 Å². The maximum atomic E-state index is 4.36. The van der Waals surface area contributed by atoms with Gasteiger partial charge in [0.1, 0.15) is 0 Å². The number of aromatic nitrogens is 3. The number of hydrogen-bond acceptors (Lipinski definition) is 6. The van der Waals surface area contributed by atoms with E-state index >= 15 is 0 Å². The van der Waals surface area contributed by atoms with Crippen LogP contribution in [0.5, 0.6) is 0 Å². The smallest absolute Gasteiger partial charge is 0.227 e. The molecule has 2 rings (SSSR count). The third kappa shape index (κ3) is 3.34. The van der Waals surface area contributed by atoms with Crippen molar-refractivity contribution in [2.75, 3.05) is 18.6 Å². The minimum Gasteiger partial charge on any atom is -0.357 e. The Balaban J connectivity index is 2.26. The molecule has 0 aliphatic carbocycles. The number of benzene rings is 1. The summed E-state index contributed by atoms with van der Waals surface area (Å²) in [5.74, 6) is 0.600. The first-order valence-electron chi connectivity index (χ1n) is 5.02. The van der Waals surface area contributed by atoms with Gasteiger partial charge in [0.15, 0.2) is 10.3 Å². The van der Waals surface area contributed by atoms with Gasteiger partial charge in [-0.1, -0.05) is 30.0 Å². The summed E-state index contributed by atoms with van der Waals surface area (Å²) < 4.78 is 0. The molecule has 0 amide bonds. The molecule has 0 fully saturated rings. The lowest BCUT2D eigenvalue weighted by atomic mass is 10.4. The van der Waals surface area contributed by atoms with E-state index in [1.54, 1.807) is 7.05 Å². The van der Waals surface area contributed by atoms with Gasteiger partial charge in [-0.2, -0.15) is 15.0 Å². The van der Waals surface area contributed by atoms with Crippen molar-refractivity contribution in [2.45, 2.75) is 15.2 Å². The first-order chi connectivity index (χ1) is 8.31. The zero-order valence-electron chi connectivity index (χ0n) is 9.54. The fraction of sp³-hybridized carbons (Fsp3) is 0.182. The molecule has 1 aromatic heterocycles. The highest BCUT2D eigenvalue weighted by Gasteiger charge is 2.06. The number of rotatable bonds is 4. The maximum Gasteiger partial charge on any atom is 0.227 e. The van der Waals surface area contributed by atoms with Crippen LogP contribution in [0, 0.1) is 0 Å². The molecule has 1 aromatic carbocycles. The van der Waals surface area contributed by atoms with E-state index in [1.807, 2.05) is 36.6 Å². The van der Waals surface area contributed by atoms with Crippen LogP contribution in [0.25, 0.3) is 0 Å². The van der Waals surface area contributed by atoms with E-state index in [4.69, 9.17) is 0 Å². The van der Waals surface area contributed by atoms with Gasteiger partial charge in [-0.15, -0.1) is 0 Å². The molecule has 1 heterocycles. The van der Waals surface area contributed by atoms with Gasteiger partial charge in [-0.05, 0) is 30.2 Å². The van der Waals surface area contributed by atoms with Crippen molar-refractivity contribution in [3.63, 3.8) is 0 Å². The predicted molar refractivity (Wildman–Crippen MR) is 71.7 cm³/mol. The van der Waals surface area contributed by atoms with Gasteiger partial charge in [0.2, 0.25) is 5.95 Å². The molecule has 6 heteroatoms. The number of nitrogens with one attached hydrogen (secondary N) is 1. The van der Waals surface area contributed by atoms with Crippen LogP contribution in [0.3, 0.4) is 0 Å². The largest absolute Gasteiger partial charge is 0.357 e. The molecule has 1 N–H and O–H groups in total. The summed E-state index contributed by atoms with van der Waals surface area (Å²) in [4.78, 5) is 14.0. The average Bonchev–Trinajstić information content (AvgIpc) is 2.39. The van der Waals surface area contributed by atoms with E-state index in [0.29, 0.717) is 11.1 Å². The Morgan fingerprint density at radius 2 is 1.71 bits per heavy atom. The van der Waals surface area contributed by atoms with Crippen LogP contribution >= 0.6 is 23.5 Å². The molecule has 88 valence electrons. The number of anilines is 1. The molecule has 0 spiro atoms. The van der Waals surface area contributed by atoms with Gasteiger partial charge in [0.25, 0.3) is 0 Å². The van der Waals surface area contributed by atoms with Gasteiger partial charge in [-0.3, -0.25) is 0 Å². The Morgan fingerprint density at radius 3 is 2.35 bits per heavy atom. The van der Waals surface area contributed by atoms with Crippen molar-refractivity contribution in [1.29, 1.82) is 0 Å². The van der Waals surface area contributed by atoms with Crippen molar-refractivity contribution in [3.8, 4) is 0 Å². The number of thioether (sulfide) groups is 1. The summed E-state index contributed by atoms with van der Waals surface area (Å²) in [5, 5.41) is 4.37. The molecule has 0 bridgehead atoms. The average molecular weight is 264 g/mol. The van der Waals surface area contributed by atoms with Crippen LogP contribution in [0.15, 0.2) is 45.5 Å². The molecule has 17 heavy (non-hydrogen) atoms. The van der Waals surface area contributed by atoms with E-state index in [1.165, 1.54) is 23.5 Å². The molecule has 0 aliphatic rings. The van der Waals surface area contributed by atoms with E-state index in [2.05, 4.69) is 20.3 Å². The predicted octanol–water partition coefficient (Wildman–Crippen LogP) is 2.79. The van der Waals surface area contributed by atoms with Crippen molar-refractivity contribution < 1.29 is 0 Å².